The fraction of sp³-hybridized carbons (Fsp3) is 0.533. The Labute approximate surface area is 115 Å². The maximum atomic E-state index is 12.5. The van der Waals surface area contributed by atoms with E-state index in [1.165, 1.54) is 0 Å². The largest absolute Gasteiger partial charge is 0.350 e. The minimum atomic E-state index is -0.219. The van der Waals surface area contributed by atoms with Gasteiger partial charge in [0.05, 0.1) is 0 Å². The average molecular weight is 261 g/mol. The van der Waals surface area contributed by atoms with Crippen molar-refractivity contribution in [3.63, 3.8) is 0 Å². The monoisotopic (exact) mass is 261 g/mol. The zero-order valence-electron chi connectivity index (χ0n) is 11.7. The van der Waals surface area contributed by atoms with Crippen LogP contribution in [0.25, 0.3) is 0 Å². The highest BCUT2D eigenvalue weighted by atomic mass is 16.2. The summed E-state index contributed by atoms with van der Waals surface area (Å²) in [6.07, 6.45) is 2.19. The Morgan fingerprint density at radius 2 is 2.11 bits per heavy atom. The van der Waals surface area contributed by atoms with E-state index >= 15 is 0 Å². The summed E-state index contributed by atoms with van der Waals surface area (Å²) in [5, 5.41) is 6.48. The smallest absolute Gasteiger partial charge is 0.242 e. The Balaban J connectivity index is 2.04. The van der Waals surface area contributed by atoms with E-state index in [0.717, 1.165) is 31.5 Å². The Hall–Kier alpha value is -1.39. The lowest BCUT2D eigenvalue weighted by Crippen LogP contribution is -2.48. The van der Waals surface area contributed by atoms with Crippen LogP contribution in [-0.4, -0.2) is 44.0 Å². The molecule has 4 nitrogen and oxygen atoms in total. The fourth-order valence-corrected chi connectivity index (χ4v) is 2.57. The Morgan fingerprint density at radius 1 is 1.37 bits per heavy atom. The summed E-state index contributed by atoms with van der Waals surface area (Å²) in [7, 11) is 3.88. The third kappa shape index (κ3) is 3.78. The summed E-state index contributed by atoms with van der Waals surface area (Å²) in [6.45, 7) is 1.93. The van der Waals surface area contributed by atoms with Gasteiger partial charge in [0, 0.05) is 12.6 Å². The Bertz CT molecular complexity index is 399. The number of carbonyl (C=O) groups is 1. The standard InChI is InChI=1S/C15H23N3O/c1-18(2)14(12-7-4-3-5-8-12)15(19)17-13-9-6-10-16-11-13/h3-5,7-8,13-14,16H,6,9-11H2,1-2H3,(H,17,19)/t13-,14?/m0/s1. The Morgan fingerprint density at radius 3 is 2.68 bits per heavy atom. The van der Waals surface area contributed by atoms with Crippen molar-refractivity contribution in [2.24, 2.45) is 0 Å². The molecular formula is C15H23N3O. The molecule has 1 aromatic rings. The van der Waals surface area contributed by atoms with Crippen LogP contribution in [0, 0.1) is 0 Å². The molecule has 1 aromatic carbocycles. The van der Waals surface area contributed by atoms with Crippen molar-refractivity contribution in [1.29, 1.82) is 0 Å². The predicted octanol–water partition coefficient (Wildman–Crippen LogP) is 1.16. The number of hydrogen-bond acceptors (Lipinski definition) is 3. The molecule has 4 heteroatoms. The van der Waals surface area contributed by atoms with Crippen molar-refractivity contribution in [2.75, 3.05) is 27.2 Å². The van der Waals surface area contributed by atoms with Crippen molar-refractivity contribution in [1.82, 2.24) is 15.5 Å². The van der Waals surface area contributed by atoms with E-state index in [1.807, 2.05) is 49.3 Å². The summed E-state index contributed by atoms with van der Waals surface area (Å²) in [5.74, 6) is 0.0879. The lowest BCUT2D eigenvalue weighted by atomic mass is 10.0. The van der Waals surface area contributed by atoms with Crippen LogP contribution in [-0.2, 0) is 4.79 Å². The SMILES string of the molecule is CN(C)C(C(=O)N[C@H]1CCCNC1)c1ccccc1. The van der Waals surface area contributed by atoms with E-state index in [1.54, 1.807) is 0 Å². The summed E-state index contributed by atoms with van der Waals surface area (Å²) < 4.78 is 0. The topological polar surface area (TPSA) is 44.4 Å². The van der Waals surface area contributed by atoms with E-state index in [4.69, 9.17) is 0 Å². The van der Waals surface area contributed by atoms with Crippen LogP contribution >= 0.6 is 0 Å². The van der Waals surface area contributed by atoms with Gasteiger partial charge in [-0.3, -0.25) is 9.69 Å². The van der Waals surface area contributed by atoms with Crippen molar-refractivity contribution < 1.29 is 4.79 Å². The summed E-state index contributed by atoms with van der Waals surface area (Å²) in [6, 6.07) is 9.96. The molecule has 2 rings (SSSR count). The maximum absolute atomic E-state index is 12.5. The highest BCUT2D eigenvalue weighted by Crippen LogP contribution is 2.18. The summed E-state index contributed by atoms with van der Waals surface area (Å²) in [4.78, 5) is 14.4. The van der Waals surface area contributed by atoms with Gasteiger partial charge in [0.1, 0.15) is 6.04 Å². The first-order valence-corrected chi connectivity index (χ1v) is 6.91. The summed E-state index contributed by atoms with van der Waals surface area (Å²) >= 11 is 0. The van der Waals surface area contributed by atoms with Crippen LogP contribution in [0.2, 0.25) is 0 Å². The molecule has 1 amide bonds. The highest BCUT2D eigenvalue weighted by molar-refractivity contribution is 5.83. The third-order valence-corrected chi connectivity index (χ3v) is 3.52. The summed E-state index contributed by atoms with van der Waals surface area (Å²) in [5.41, 5.74) is 1.04. The molecule has 1 aliphatic rings. The first-order chi connectivity index (χ1) is 9.18. The number of nitrogens with zero attached hydrogens (tertiary/aromatic N) is 1. The minimum absolute atomic E-state index is 0.0879. The quantitative estimate of drug-likeness (QED) is 0.855. The predicted molar refractivity (Wildman–Crippen MR) is 76.9 cm³/mol. The molecule has 1 heterocycles. The van der Waals surface area contributed by atoms with Gasteiger partial charge in [0.15, 0.2) is 0 Å². The van der Waals surface area contributed by atoms with Crippen molar-refractivity contribution in [3.05, 3.63) is 35.9 Å². The van der Waals surface area contributed by atoms with Gasteiger partial charge in [-0.2, -0.15) is 0 Å². The van der Waals surface area contributed by atoms with Crippen LogP contribution in [0.1, 0.15) is 24.4 Å². The zero-order chi connectivity index (χ0) is 13.7. The van der Waals surface area contributed by atoms with Gasteiger partial charge >= 0.3 is 0 Å². The van der Waals surface area contributed by atoms with Crippen LogP contribution in [0.4, 0.5) is 0 Å². The molecule has 104 valence electrons. The third-order valence-electron chi connectivity index (χ3n) is 3.52. The normalized spacial score (nSPS) is 21.1. The lowest BCUT2D eigenvalue weighted by molar-refractivity contribution is -0.126. The number of rotatable bonds is 4. The van der Waals surface area contributed by atoms with Gasteiger partial charge in [-0.15, -0.1) is 0 Å². The number of benzene rings is 1. The number of nitrogens with one attached hydrogen (secondary N) is 2. The van der Waals surface area contributed by atoms with Gasteiger partial charge in [-0.25, -0.2) is 0 Å². The van der Waals surface area contributed by atoms with Gasteiger partial charge in [-0.1, -0.05) is 30.3 Å². The van der Waals surface area contributed by atoms with E-state index < -0.39 is 0 Å². The van der Waals surface area contributed by atoms with Crippen LogP contribution < -0.4 is 10.6 Å². The molecule has 0 aromatic heterocycles. The molecule has 2 N–H and O–H groups in total. The van der Waals surface area contributed by atoms with Crippen LogP contribution in [0.15, 0.2) is 30.3 Å². The minimum Gasteiger partial charge on any atom is -0.350 e. The number of hydrogen-bond donors (Lipinski definition) is 2. The van der Waals surface area contributed by atoms with Crippen LogP contribution in [0.5, 0.6) is 0 Å². The first-order valence-electron chi connectivity index (χ1n) is 6.91. The van der Waals surface area contributed by atoms with E-state index in [0.29, 0.717) is 0 Å². The average Bonchev–Trinajstić information content (AvgIpc) is 2.40. The molecule has 2 atom stereocenters. The van der Waals surface area contributed by atoms with Gasteiger partial charge in [0.25, 0.3) is 0 Å². The van der Waals surface area contributed by atoms with Crippen LogP contribution in [0.3, 0.4) is 0 Å². The molecule has 0 bridgehead atoms. The second-order valence-corrected chi connectivity index (χ2v) is 5.33. The number of carbonyl (C=O) groups excluding carboxylic acids is 1. The van der Waals surface area contributed by atoms with Gasteiger partial charge in [-0.05, 0) is 39.0 Å². The molecule has 0 radical (unpaired) electrons. The van der Waals surface area contributed by atoms with E-state index in [2.05, 4.69) is 10.6 Å². The van der Waals surface area contributed by atoms with E-state index in [-0.39, 0.29) is 18.0 Å². The maximum Gasteiger partial charge on any atom is 0.242 e. The van der Waals surface area contributed by atoms with Crippen molar-refractivity contribution >= 4 is 5.91 Å². The van der Waals surface area contributed by atoms with Crippen molar-refractivity contribution in [3.8, 4) is 0 Å². The zero-order valence-corrected chi connectivity index (χ0v) is 11.7. The number of piperidine rings is 1. The molecule has 1 saturated heterocycles. The molecular weight excluding hydrogens is 238 g/mol. The van der Waals surface area contributed by atoms with E-state index in [9.17, 15) is 4.79 Å². The second kappa shape index (κ2) is 6.68. The van der Waals surface area contributed by atoms with Gasteiger partial charge < -0.3 is 10.6 Å². The molecule has 0 saturated carbocycles. The molecule has 1 unspecified atom stereocenters. The molecule has 0 spiro atoms. The molecule has 19 heavy (non-hydrogen) atoms. The number of likely N-dealkylation sites (N-methyl/N-ethyl adjacent to an activating group) is 1. The fourth-order valence-electron chi connectivity index (χ4n) is 2.57. The first kappa shape index (κ1) is 14.0. The lowest BCUT2D eigenvalue weighted by Gasteiger charge is -2.29. The van der Waals surface area contributed by atoms with Gasteiger partial charge in [0.2, 0.25) is 5.91 Å². The molecule has 0 aliphatic carbocycles. The number of amides is 1. The second-order valence-electron chi connectivity index (χ2n) is 5.33. The molecule has 1 aliphatic heterocycles. The van der Waals surface area contributed by atoms with Crippen molar-refractivity contribution in [2.45, 2.75) is 24.9 Å². The Kier molecular flexibility index (Phi) is 4.93. The highest BCUT2D eigenvalue weighted by Gasteiger charge is 2.25. The molecule has 1 fully saturated rings.